The highest BCUT2D eigenvalue weighted by Gasteiger charge is 2.34. The second-order valence-electron chi connectivity index (χ2n) is 5.57. The molecule has 140 valence electrons. The lowest BCUT2D eigenvalue weighted by Gasteiger charge is -2.15. The van der Waals surface area contributed by atoms with Crippen LogP contribution < -0.4 is 16.0 Å². The fraction of sp³-hybridized carbons (Fsp3) is 0.312. The van der Waals surface area contributed by atoms with Crippen molar-refractivity contribution in [2.24, 2.45) is 0 Å². The standard InChI is InChI=1S/C16H18F3N5O2/c1-9(8-25)20-15-23-13(16(17,18)19)7-14(24-15)22-12-5-3-11(4-6-12)21-10(2)26/h3-7,9,25H,8H2,1-2H3,(H,21,26)(H2,20,22,23,24)/t9-/m0/s1. The number of hydrogen-bond donors (Lipinski definition) is 4. The van der Waals surface area contributed by atoms with Crippen LogP contribution in [0.4, 0.5) is 36.3 Å². The van der Waals surface area contributed by atoms with Crippen molar-refractivity contribution in [3.63, 3.8) is 0 Å². The van der Waals surface area contributed by atoms with Crippen LogP contribution in [-0.2, 0) is 11.0 Å². The van der Waals surface area contributed by atoms with E-state index in [2.05, 4.69) is 25.9 Å². The van der Waals surface area contributed by atoms with Gasteiger partial charge in [0, 0.05) is 30.4 Å². The zero-order valence-electron chi connectivity index (χ0n) is 14.1. The number of carbonyl (C=O) groups is 1. The molecule has 0 fully saturated rings. The molecule has 4 N–H and O–H groups in total. The Labute approximate surface area is 147 Å². The van der Waals surface area contributed by atoms with Gasteiger partial charge in [0.2, 0.25) is 11.9 Å². The Hall–Kier alpha value is -2.88. The van der Waals surface area contributed by atoms with Gasteiger partial charge in [0.1, 0.15) is 5.82 Å². The molecule has 0 aliphatic heterocycles. The summed E-state index contributed by atoms with van der Waals surface area (Å²) in [6.07, 6.45) is -4.65. The third-order valence-corrected chi connectivity index (χ3v) is 3.14. The topological polar surface area (TPSA) is 99.2 Å². The molecule has 2 rings (SSSR count). The summed E-state index contributed by atoms with van der Waals surface area (Å²) < 4.78 is 39.1. The smallest absolute Gasteiger partial charge is 0.394 e. The van der Waals surface area contributed by atoms with E-state index in [1.807, 2.05) is 0 Å². The first-order valence-electron chi connectivity index (χ1n) is 7.65. The number of rotatable bonds is 6. The fourth-order valence-electron chi connectivity index (χ4n) is 1.98. The van der Waals surface area contributed by atoms with Crippen LogP contribution in [0.2, 0.25) is 0 Å². The van der Waals surface area contributed by atoms with Crippen LogP contribution in [0.15, 0.2) is 30.3 Å². The molecule has 1 atom stereocenters. The molecule has 1 aromatic heterocycles. The Morgan fingerprint density at radius 2 is 1.81 bits per heavy atom. The monoisotopic (exact) mass is 369 g/mol. The van der Waals surface area contributed by atoms with Crippen molar-refractivity contribution in [2.75, 3.05) is 22.6 Å². The molecule has 1 amide bonds. The van der Waals surface area contributed by atoms with E-state index in [1.54, 1.807) is 31.2 Å². The van der Waals surface area contributed by atoms with E-state index in [-0.39, 0.29) is 24.3 Å². The summed E-state index contributed by atoms with van der Waals surface area (Å²) in [6.45, 7) is 2.66. The third kappa shape index (κ3) is 5.59. The molecule has 0 unspecified atom stereocenters. The van der Waals surface area contributed by atoms with Gasteiger partial charge in [-0.3, -0.25) is 4.79 Å². The molecule has 1 heterocycles. The summed E-state index contributed by atoms with van der Waals surface area (Å²) in [7, 11) is 0. The van der Waals surface area contributed by atoms with E-state index >= 15 is 0 Å². The maximum absolute atomic E-state index is 13.0. The molecule has 1 aromatic carbocycles. The minimum atomic E-state index is -4.65. The average Bonchev–Trinajstić information content (AvgIpc) is 2.55. The number of aliphatic hydroxyl groups is 1. The van der Waals surface area contributed by atoms with Crippen molar-refractivity contribution < 1.29 is 23.1 Å². The van der Waals surface area contributed by atoms with E-state index in [1.165, 1.54) is 6.92 Å². The number of aliphatic hydroxyl groups excluding tert-OH is 1. The second kappa shape index (κ2) is 8.00. The van der Waals surface area contributed by atoms with Gasteiger partial charge < -0.3 is 21.1 Å². The zero-order chi connectivity index (χ0) is 19.3. The molecule has 0 saturated heterocycles. The summed E-state index contributed by atoms with van der Waals surface area (Å²) in [5.74, 6) is -0.545. The lowest BCUT2D eigenvalue weighted by Crippen LogP contribution is -2.22. The fourth-order valence-corrected chi connectivity index (χ4v) is 1.98. The number of nitrogens with zero attached hydrogens (tertiary/aromatic N) is 2. The van der Waals surface area contributed by atoms with Crippen LogP contribution in [0, 0.1) is 0 Å². The molecular formula is C16H18F3N5O2. The Kier molecular flexibility index (Phi) is 5.98. The molecule has 0 bridgehead atoms. The van der Waals surface area contributed by atoms with Gasteiger partial charge in [-0.2, -0.15) is 18.2 Å². The molecule has 26 heavy (non-hydrogen) atoms. The Morgan fingerprint density at radius 3 is 2.35 bits per heavy atom. The summed E-state index contributed by atoms with van der Waals surface area (Å²) in [4.78, 5) is 18.4. The lowest BCUT2D eigenvalue weighted by molar-refractivity contribution is -0.141. The van der Waals surface area contributed by atoms with Gasteiger partial charge in [-0.25, -0.2) is 4.98 Å². The first-order valence-corrected chi connectivity index (χ1v) is 7.65. The lowest BCUT2D eigenvalue weighted by atomic mass is 10.2. The van der Waals surface area contributed by atoms with Crippen LogP contribution in [0.25, 0.3) is 0 Å². The predicted octanol–water partition coefficient (Wildman–Crippen LogP) is 2.99. The number of amides is 1. The van der Waals surface area contributed by atoms with E-state index in [9.17, 15) is 18.0 Å². The number of aromatic nitrogens is 2. The molecular weight excluding hydrogens is 351 g/mol. The largest absolute Gasteiger partial charge is 0.433 e. The number of halogens is 3. The molecule has 0 aliphatic rings. The summed E-state index contributed by atoms with van der Waals surface area (Å²) in [5, 5.41) is 17.0. The van der Waals surface area contributed by atoms with Gasteiger partial charge in [-0.05, 0) is 31.2 Å². The van der Waals surface area contributed by atoms with Crippen molar-refractivity contribution in [2.45, 2.75) is 26.1 Å². The van der Waals surface area contributed by atoms with Crippen LogP contribution in [-0.4, -0.2) is 33.6 Å². The van der Waals surface area contributed by atoms with Gasteiger partial charge in [0.15, 0.2) is 5.69 Å². The zero-order valence-corrected chi connectivity index (χ0v) is 14.1. The quantitative estimate of drug-likeness (QED) is 0.625. The summed E-state index contributed by atoms with van der Waals surface area (Å²) in [5.41, 5.74) is -0.0783. The average molecular weight is 369 g/mol. The van der Waals surface area contributed by atoms with Crippen molar-refractivity contribution in [1.29, 1.82) is 0 Å². The molecule has 0 saturated carbocycles. The van der Waals surface area contributed by atoms with Gasteiger partial charge in [0.05, 0.1) is 6.61 Å². The van der Waals surface area contributed by atoms with E-state index in [0.717, 1.165) is 6.07 Å². The van der Waals surface area contributed by atoms with Crippen LogP contribution in [0.5, 0.6) is 0 Å². The Balaban J connectivity index is 2.26. The van der Waals surface area contributed by atoms with Crippen molar-refractivity contribution in [1.82, 2.24) is 9.97 Å². The van der Waals surface area contributed by atoms with Crippen LogP contribution in [0.1, 0.15) is 19.5 Å². The van der Waals surface area contributed by atoms with Crippen molar-refractivity contribution >= 4 is 29.0 Å². The highest BCUT2D eigenvalue weighted by molar-refractivity contribution is 5.88. The van der Waals surface area contributed by atoms with E-state index in [0.29, 0.717) is 11.4 Å². The van der Waals surface area contributed by atoms with Crippen LogP contribution in [0.3, 0.4) is 0 Å². The number of alkyl halides is 3. The summed E-state index contributed by atoms with van der Waals surface area (Å²) >= 11 is 0. The van der Waals surface area contributed by atoms with Crippen LogP contribution >= 0.6 is 0 Å². The number of hydrogen-bond acceptors (Lipinski definition) is 6. The maximum Gasteiger partial charge on any atom is 0.433 e. The first-order chi connectivity index (χ1) is 12.2. The highest BCUT2D eigenvalue weighted by atomic mass is 19.4. The normalized spacial score (nSPS) is 12.4. The SMILES string of the molecule is CC(=O)Nc1ccc(Nc2cc(C(F)(F)F)nc(N[C@@H](C)CO)n2)cc1. The third-order valence-electron chi connectivity index (χ3n) is 3.14. The van der Waals surface area contributed by atoms with Crippen molar-refractivity contribution in [3.8, 4) is 0 Å². The van der Waals surface area contributed by atoms with Gasteiger partial charge in [-0.15, -0.1) is 0 Å². The van der Waals surface area contributed by atoms with Gasteiger partial charge >= 0.3 is 6.18 Å². The van der Waals surface area contributed by atoms with E-state index < -0.39 is 17.9 Å². The van der Waals surface area contributed by atoms with Crippen molar-refractivity contribution in [3.05, 3.63) is 36.0 Å². The molecule has 0 radical (unpaired) electrons. The minimum Gasteiger partial charge on any atom is -0.394 e. The molecule has 2 aromatic rings. The first kappa shape index (κ1) is 19.4. The number of benzene rings is 1. The Bertz CT molecular complexity index is 765. The second-order valence-corrected chi connectivity index (χ2v) is 5.57. The summed E-state index contributed by atoms with van der Waals surface area (Å²) in [6, 6.07) is 6.65. The molecule has 10 heteroatoms. The van der Waals surface area contributed by atoms with E-state index in [4.69, 9.17) is 5.11 Å². The molecule has 0 spiro atoms. The molecule has 0 aliphatic carbocycles. The predicted molar refractivity (Wildman–Crippen MR) is 91.2 cm³/mol. The minimum absolute atomic E-state index is 0.0627. The maximum atomic E-state index is 13.0. The molecule has 7 nitrogen and oxygen atoms in total. The Morgan fingerprint density at radius 1 is 1.19 bits per heavy atom. The van der Waals surface area contributed by atoms with Gasteiger partial charge in [0.25, 0.3) is 0 Å². The highest BCUT2D eigenvalue weighted by Crippen LogP contribution is 2.30. The number of carbonyl (C=O) groups excluding carboxylic acids is 1. The number of nitrogens with one attached hydrogen (secondary N) is 3. The van der Waals surface area contributed by atoms with Gasteiger partial charge in [-0.1, -0.05) is 0 Å². The number of anilines is 4.